The van der Waals surface area contributed by atoms with Crippen LogP contribution in [0.2, 0.25) is 0 Å². The fourth-order valence-corrected chi connectivity index (χ4v) is 5.31. The molecule has 1 unspecified atom stereocenters. The summed E-state index contributed by atoms with van der Waals surface area (Å²) >= 11 is 0. The molecule has 2 aliphatic heterocycles. The first-order chi connectivity index (χ1) is 13.4. The molecule has 1 N–H and O–H groups in total. The lowest BCUT2D eigenvalue weighted by Gasteiger charge is -2.60. The van der Waals surface area contributed by atoms with E-state index in [9.17, 15) is 4.79 Å². The van der Waals surface area contributed by atoms with Gasteiger partial charge in [0.2, 0.25) is 5.60 Å². The number of hydrogen-bond acceptors (Lipinski definition) is 5. The van der Waals surface area contributed by atoms with Gasteiger partial charge >= 0.3 is 7.12 Å². The Morgan fingerprint density at radius 3 is 2.75 bits per heavy atom. The molecular weight excluding hydrogens is 355 g/mol. The molecule has 1 aromatic carbocycles. The summed E-state index contributed by atoms with van der Waals surface area (Å²) in [5.41, 5.74) is 1.12. The summed E-state index contributed by atoms with van der Waals surface area (Å²) in [4.78, 5) is 18.3. The number of oxime groups is 1. The highest BCUT2D eigenvalue weighted by Gasteiger charge is 2.62. The topological polar surface area (TPSA) is 69.2 Å². The van der Waals surface area contributed by atoms with Gasteiger partial charge in [0.15, 0.2) is 0 Å². The molecule has 7 heteroatoms. The number of nitrogens with zero attached hydrogens (tertiary/aromatic N) is 1. The van der Waals surface area contributed by atoms with Crippen molar-refractivity contribution in [1.82, 2.24) is 5.32 Å². The maximum Gasteiger partial charge on any atom is 0.478 e. The first-order valence-corrected chi connectivity index (χ1v) is 10.3. The van der Waals surface area contributed by atoms with Gasteiger partial charge in [0.05, 0.1) is 24.4 Å². The summed E-state index contributed by atoms with van der Waals surface area (Å²) in [6.45, 7) is 6.45. The van der Waals surface area contributed by atoms with Crippen molar-refractivity contribution in [2.75, 3.05) is 6.44 Å². The van der Waals surface area contributed by atoms with Crippen LogP contribution in [0.5, 0.6) is 0 Å². The standard InChI is InChI=1S/C21H27BN2O4/c1-20(2)14-9-15(20)18-17(10-14)26-22(27-18)12-23-19(25)21(3)11-16(24-28-21)13-7-5-4-6-8-13/h4-8,14-15,17-18H,9-12H2,1-3H3,(H,23,25)/t14-,15+,17+,18-,21?/m0/s1. The maximum absolute atomic E-state index is 12.8. The van der Waals surface area contributed by atoms with Crippen LogP contribution in [0.3, 0.4) is 0 Å². The van der Waals surface area contributed by atoms with Crippen LogP contribution in [0.4, 0.5) is 0 Å². The molecule has 3 saturated carbocycles. The molecule has 1 aromatic rings. The second-order valence-electron chi connectivity index (χ2n) is 9.41. The number of carbonyl (C=O) groups is 1. The average Bonchev–Trinajstić information content (AvgIpc) is 3.30. The van der Waals surface area contributed by atoms with Gasteiger partial charge in [-0.15, -0.1) is 0 Å². The third-order valence-corrected chi connectivity index (χ3v) is 7.34. The third-order valence-electron chi connectivity index (χ3n) is 7.34. The molecule has 28 heavy (non-hydrogen) atoms. The summed E-state index contributed by atoms with van der Waals surface area (Å²) < 4.78 is 12.3. The molecule has 4 fully saturated rings. The lowest BCUT2D eigenvalue weighted by Crippen LogP contribution is -2.59. The molecule has 2 heterocycles. The summed E-state index contributed by atoms with van der Waals surface area (Å²) in [6, 6.07) is 9.80. The van der Waals surface area contributed by atoms with E-state index in [1.807, 2.05) is 30.3 Å². The molecule has 3 aliphatic carbocycles. The highest BCUT2D eigenvalue weighted by Crippen LogP contribution is 2.61. The van der Waals surface area contributed by atoms with Crippen molar-refractivity contribution in [1.29, 1.82) is 0 Å². The summed E-state index contributed by atoms with van der Waals surface area (Å²) in [6.07, 6.45) is 3.41. The Kier molecular flexibility index (Phi) is 4.11. The number of carbonyl (C=O) groups excluding carboxylic acids is 1. The van der Waals surface area contributed by atoms with Gasteiger partial charge < -0.3 is 19.5 Å². The van der Waals surface area contributed by atoms with Crippen molar-refractivity contribution in [3.05, 3.63) is 35.9 Å². The fraction of sp³-hybridized carbons (Fsp3) is 0.619. The molecule has 1 amide bonds. The Labute approximate surface area is 166 Å². The van der Waals surface area contributed by atoms with Crippen LogP contribution in [0.25, 0.3) is 0 Å². The second-order valence-corrected chi connectivity index (χ2v) is 9.41. The highest BCUT2D eigenvalue weighted by molar-refractivity contribution is 6.45. The van der Waals surface area contributed by atoms with Crippen LogP contribution in [0.15, 0.2) is 35.5 Å². The van der Waals surface area contributed by atoms with E-state index in [2.05, 4.69) is 24.3 Å². The van der Waals surface area contributed by atoms with E-state index in [1.54, 1.807) is 6.92 Å². The van der Waals surface area contributed by atoms with Crippen molar-refractivity contribution in [2.45, 2.75) is 57.8 Å². The van der Waals surface area contributed by atoms with E-state index in [4.69, 9.17) is 14.1 Å². The van der Waals surface area contributed by atoms with Crippen molar-refractivity contribution in [2.24, 2.45) is 22.4 Å². The first kappa shape index (κ1) is 18.2. The molecule has 0 spiro atoms. The van der Waals surface area contributed by atoms with Gasteiger partial charge in [0.1, 0.15) is 0 Å². The van der Waals surface area contributed by atoms with E-state index in [0.717, 1.165) is 23.6 Å². The second kappa shape index (κ2) is 6.32. The average molecular weight is 382 g/mol. The number of hydrogen-bond donors (Lipinski definition) is 1. The SMILES string of the molecule is CC1(C(=O)NCB2O[C@H]3[C@H]4C[C@@H](C[C@H]3O2)C4(C)C)CC(c2ccccc2)=NO1. The summed E-state index contributed by atoms with van der Waals surface area (Å²) in [7, 11) is -0.381. The number of nitrogens with one attached hydrogen (secondary N) is 1. The largest absolute Gasteiger partial charge is 0.478 e. The smallest absolute Gasteiger partial charge is 0.405 e. The monoisotopic (exact) mass is 382 g/mol. The predicted molar refractivity (Wildman–Crippen MR) is 106 cm³/mol. The van der Waals surface area contributed by atoms with Gasteiger partial charge in [0.25, 0.3) is 5.91 Å². The normalized spacial score (nSPS) is 37.5. The van der Waals surface area contributed by atoms with Gasteiger partial charge in [-0.25, -0.2) is 0 Å². The minimum Gasteiger partial charge on any atom is -0.405 e. The van der Waals surface area contributed by atoms with E-state index in [-0.39, 0.29) is 25.2 Å². The first-order valence-electron chi connectivity index (χ1n) is 10.3. The molecule has 5 atom stereocenters. The Bertz CT molecular complexity index is 814. The van der Waals surface area contributed by atoms with E-state index < -0.39 is 5.60 Å². The van der Waals surface area contributed by atoms with E-state index in [0.29, 0.717) is 24.2 Å². The van der Waals surface area contributed by atoms with Crippen molar-refractivity contribution in [3.63, 3.8) is 0 Å². The van der Waals surface area contributed by atoms with Gasteiger partial charge in [-0.1, -0.05) is 49.3 Å². The van der Waals surface area contributed by atoms with Crippen LogP contribution in [-0.4, -0.2) is 43.0 Å². The molecule has 0 radical (unpaired) electrons. The zero-order valence-corrected chi connectivity index (χ0v) is 16.7. The Balaban J connectivity index is 1.16. The van der Waals surface area contributed by atoms with Crippen LogP contribution in [0.1, 0.15) is 45.6 Å². The Morgan fingerprint density at radius 1 is 1.21 bits per heavy atom. The van der Waals surface area contributed by atoms with Crippen molar-refractivity contribution in [3.8, 4) is 0 Å². The zero-order valence-electron chi connectivity index (χ0n) is 16.7. The summed E-state index contributed by atoms with van der Waals surface area (Å²) in [5, 5.41) is 7.09. The highest BCUT2D eigenvalue weighted by atomic mass is 16.7. The molecule has 2 bridgehead atoms. The third kappa shape index (κ3) is 2.79. The lowest BCUT2D eigenvalue weighted by molar-refractivity contribution is -0.150. The van der Waals surface area contributed by atoms with Crippen molar-refractivity contribution < 1.29 is 18.9 Å². The Hall–Kier alpha value is -1.86. The van der Waals surface area contributed by atoms with Crippen molar-refractivity contribution >= 4 is 18.7 Å². The van der Waals surface area contributed by atoms with Crippen LogP contribution < -0.4 is 5.32 Å². The molecule has 6 rings (SSSR count). The molecular formula is C21H27BN2O4. The van der Waals surface area contributed by atoms with Gasteiger partial charge in [-0.3, -0.25) is 4.79 Å². The number of rotatable bonds is 4. The van der Waals surface area contributed by atoms with Crippen LogP contribution >= 0.6 is 0 Å². The van der Waals surface area contributed by atoms with Gasteiger partial charge in [-0.05, 0) is 42.6 Å². The lowest BCUT2D eigenvalue weighted by atomic mass is 9.47. The fourth-order valence-electron chi connectivity index (χ4n) is 5.31. The van der Waals surface area contributed by atoms with Gasteiger partial charge in [0, 0.05) is 6.42 Å². The minimum atomic E-state index is -1.000. The quantitative estimate of drug-likeness (QED) is 0.813. The molecule has 148 valence electrons. The Morgan fingerprint density at radius 2 is 2.00 bits per heavy atom. The summed E-state index contributed by atoms with van der Waals surface area (Å²) in [5.74, 6) is 1.11. The molecule has 5 aliphatic rings. The van der Waals surface area contributed by atoms with Crippen LogP contribution in [0, 0.1) is 17.3 Å². The predicted octanol–water partition coefficient (Wildman–Crippen LogP) is 2.56. The van der Waals surface area contributed by atoms with Crippen LogP contribution in [-0.2, 0) is 18.9 Å². The maximum atomic E-state index is 12.8. The van der Waals surface area contributed by atoms with Gasteiger partial charge in [-0.2, -0.15) is 0 Å². The molecule has 1 saturated heterocycles. The number of benzene rings is 1. The molecule has 6 nitrogen and oxygen atoms in total. The zero-order chi connectivity index (χ0) is 19.5. The van der Waals surface area contributed by atoms with E-state index >= 15 is 0 Å². The van der Waals surface area contributed by atoms with E-state index in [1.165, 1.54) is 6.42 Å². The minimum absolute atomic E-state index is 0.160. The number of amides is 1. The molecule has 0 aromatic heterocycles.